The van der Waals surface area contributed by atoms with Crippen LogP contribution in [0.4, 0.5) is 5.69 Å². The third-order valence-corrected chi connectivity index (χ3v) is 2.23. The Kier molecular flexibility index (Phi) is 3.13. The van der Waals surface area contributed by atoms with E-state index in [1.165, 1.54) is 11.1 Å². The summed E-state index contributed by atoms with van der Waals surface area (Å²) in [6.07, 6.45) is 1.89. The van der Waals surface area contributed by atoms with Crippen LogP contribution in [-0.2, 0) is 0 Å². The second-order valence-electron chi connectivity index (χ2n) is 3.46. The standard InChI is InChI=1S/C12H17N/c1-5-10-8-11(9(2)3)6-7-12(10)13-4/h5-9,13H,1H2,2-4H3. The van der Waals surface area contributed by atoms with Gasteiger partial charge in [0, 0.05) is 12.7 Å². The van der Waals surface area contributed by atoms with Gasteiger partial charge in [-0.25, -0.2) is 0 Å². The highest BCUT2D eigenvalue weighted by Crippen LogP contribution is 2.22. The summed E-state index contributed by atoms with van der Waals surface area (Å²) >= 11 is 0. The van der Waals surface area contributed by atoms with Crippen molar-refractivity contribution in [2.75, 3.05) is 12.4 Å². The molecule has 1 N–H and O–H groups in total. The second kappa shape index (κ2) is 4.13. The number of rotatable bonds is 3. The van der Waals surface area contributed by atoms with Gasteiger partial charge in [0.2, 0.25) is 0 Å². The zero-order chi connectivity index (χ0) is 9.84. The summed E-state index contributed by atoms with van der Waals surface area (Å²) in [4.78, 5) is 0. The Balaban J connectivity index is 3.13. The maximum Gasteiger partial charge on any atom is 0.0411 e. The van der Waals surface area contributed by atoms with Crippen LogP contribution in [0.2, 0.25) is 0 Å². The summed E-state index contributed by atoms with van der Waals surface area (Å²) in [5.74, 6) is 0.574. The predicted octanol–water partition coefficient (Wildman–Crippen LogP) is 3.49. The molecule has 1 aromatic carbocycles. The van der Waals surface area contributed by atoms with Gasteiger partial charge in [-0.15, -0.1) is 0 Å². The van der Waals surface area contributed by atoms with Gasteiger partial charge in [0.05, 0.1) is 0 Å². The highest BCUT2D eigenvalue weighted by molar-refractivity contribution is 5.66. The minimum Gasteiger partial charge on any atom is -0.388 e. The van der Waals surface area contributed by atoms with E-state index in [-0.39, 0.29) is 0 Å². The van der Waals surface area contributed by atoms with E-state index in [1.807, 2.05) is 13.1 Å². The Morgan fingerprint density at radius 3 is 2.54 bits per heavy atom. The Morgan fingerprint density at radius 1 is 1.38 bits per heavy atom. The first kappa shape index (κ1) is 9.85. The van der Waals surface area contributed by atoms with Gasteiger partial charge in [0.1, 0.15) is 0 Å². The first-order valence-corrected chi connectivity index (χ1v) is 4.63. The van der Waals surface area contributed by atoms with Gasteiger partial charge in [-0.1, -0.05) is 32.6 Å². The van der Waals surface area contributed by atoms with E-state index in [1.54, 1.807) is 0 Å². The lowest BCUT2D eigenvalue weighted by molar-refractivity contribution is 0.866. The first-order chi connectivity index (χ1) is 6.19. The van der Waals surface area contributed by atoms with Gasteiger partial charge < -0.3 is 5.32 Å². The van der Waals surface area contributed by atoms with Crippen molar-refractivity contribution in [3.63, 3.8) is 0 Å². The number of hydrogen-bond acceptors (Lipinski definition) is 1. The van der Waals surface area contributed by atoms with E-state index in [4.69, 9.17) is 0 Å². The van der Waals surface area contributed by atoms with Crippen LogP contribution in [0.15, 0.2) is 24.8 Å². The second-order valence-corrected chi connectivity index (χ2v) is 3.46. The molecule has 13 heavy (non-hydrogen) atoms. The van der Waals surface area contributed by atoms with Crippen LogP contribution in [0, 0.1) is 0 Å². The summed E-state index contributed by atoms with van der Waals surface area (Å²) < 4.78 is 0. The summed E-state index contributed by atoms with van der Waals surface area (Å²) in [7, 11) is 1.93. The molecular weight excluding hydrogens is 158 g/mol. The van der Waals surface area contributed by atoms with Crippen LogP contribution < -0.4 is 5.32 Å². The molecular formula is C12H17N. The molecule has 0 atom stereocenters. The van der Waals surface area contributed by atoms with Crippen molar-refractivity contribution in [1.82, 2.24) is 0 Å². The number of hydrogen-bond donors (Lipinski definition) is 1. The monoisotopic (exact) mass is 175 g/mol. The van der Waals surface area contributed by atoms with Gasteiger partial charge in [-0.3, -0.25) is 0 Å². The predicted molar refractivity (Wildman–Crippen MR) is 60.2 cm³/mol. The lowest BCUT2D eigenvalue weighted by atomic mass is 10.00. The Morgan fingerprint density at radius 2 is 2.08 bits per heavy atom. The molecule has 0 amide bonds. The topological polar surface area (TPSA) is 12.0 Å². The van der Waals surface area contributed by atoms with Crippen molar-refractivity contribution < 1.29 is 0 Å². The fourth-order valence-corrected chi connectivity index (χ4v) is 1.34. The molecule has 1 rings (SSSR count). The van der Waals surface area contributed by atoms with Gasteiger partial charge >= 0.3 is 0 Å². The summed E-state index contributed by atoms with van der Waals surface area (Å²) in [6, 6.07) is 6.44. The molecule has 0 aliphatic heterocycles. The fraction of sp³-hybridized carbons (Fsp3) is 0.333. The lowest BCUT2D eigenvalue weighted by Gasteiger charge is -2.10. The van der Waals surface area contributed by atoms with Crippen LogP contribution in [0.5, 0.6) is 0 Å². The fourth-order valence-electron chi connectivity index (χ4n) is 1.34. The molecule has 0 saturated heterocycles. The molecule has 0 aliphatic carbocycles. The minimum atomic E-state index is 0.574. The molecule has 1 aromatic rings. The van der Waals surface area contributed by atoms with Crippen molar-refractivity contribution in [3.05, 3.63) is 35.9 Å². The third-order valence-electron chi connectivity index (χ3n) is 2.23. The molecule has 0 radical (unpaired) electrons. The normalized spacial score (nSPS) is 10.2. The summed E-state index contributed by atoms with van der Waals surface area (Å²) in [6.45, 7) is 8.19. The average molecular weight is 175 g/mol. The number of benzene rings is 1. The smallest absolute Gasteiger partial charge is 0.0411 e. The first-order valence-electron chi connectivity index (χ1n) is 4.63. The molecule has 0 heterocycles. The molecule has 0 unspecified atom stereocenters. The van der Waals surface area contributed by atoms with E-state index in [0.29, 0.717) is 5.92 Å². The SMILES string of the molecule is C=Cc1cc(C(C)C)ccc1NC. The Labute approximate surface area is 80.5 Å². The summed E-state index contributed by atoms with van der Waals surface area (Å²) in [5.41, 5.74) is 3.67. The van der Waals surface area contributed by atoms with Crippen LogP contribution >= 0.6 is 0 Å². The Hall–Kier alpha value is -1.24. The quantitative estimate of drug-likeness (QED) is 0.741. The van der Waals surface area contributed by atoms with Crippen molar-refractivity contribution in [2.24, 2.45) is 0 Å². The highest BCUT2D eigenvalue weighted by atomic mass is 14.8. The maximum atomic E-state index is 3.80. The van der Waals surface area contributed by atoms with Crippen LogP contribution in [0.25, 0.3) is 6.08 Å². The average Bonchev–Trinajstić information content (AvgIpc) is 2.16. The highest BCUT2D eigenvalue weighted by Gasteiger charge is 2.02. The molecule has 0 spiro atoms. The van der Waals surface area contributed by atoms with E-state index < -0.39 is 0 Å². The van der Waals surface area contributed by atoms with Crippen molar-refractivity contribution >= 4 is 11.8 Å². The molecule has 0 bridgehead atoms. The lowest BCUT2D eigenvalue weighted by Crippen LogP contribution is -1.94. The van der Waals surface area contributed by atoms with Gasteiger partial charge in [0.25, 0.3) is 0 Å². The van der Waals surface area contributed by atoms with Crippen molar-refractivity contribution in [3.8, 4) is 0 Å². The van der Waals surface area contributed by atoms with Crippen LogP contribution in [0.1, 0.15) is 30.9 Å². The van der Waals surface area contributed by atoms with E-state index in [2.05, 4.69) is 43.9 Å². The Bertz CT molecular complexity index is 300. The van der Waals surface area contributed by atoms with E-state index >= 15 is 0 Å². The van der Waals surface area contributed by atoms with E-state index in [9.17, 15) is 0 Å². The molecule has 0 fully saturated rings. The molecule has 0 saturated carbocycles. The zero-order valence-corrected chi connectivity index (χ0v) is 8.59. The van der Waals surface area contributed by atoms with Crippen molar-refractivity contribution in [2.45, 2.75) is 19.8 Å². The molecule has 1 nitrogen and oxygen atoms in total. The van der Waals surface area contributed by atoms with Crippen molar-refractivity contribution in [1.29, 1.82) is 0 Å². The van der Waals surface area contributed by atoms with Gasteiger partial charge in [-0.05, 0) is 29.2 Å². The molecule has 0 aliphatic rings. The largest absolute Gasteiger partial charge is 0.388 e. The van der Waals surface area contributed by atoms with E-state index in [0.717, 1.165) is 5.69 Å². The zero-order valence-electron chi connectivity index (χ0n) is 8.59. The van der Waals surface area contributed by atoms with Crippen LogP contribution in [0.3, 0.4) is 0 Å². The summed E-state index contributed by atoms with van der Waals surface area (Å²) in [5, 5.41) is 3.14. The number of anilines is 1. The molecule has 70 valence electrons. The van der Waals surface area contributed by atoms with Crippen LogP contribution in [-0.4, -0.2) is 7.05 Å². The minimum absolute atomic E-state index is 0.574. The number of nitrogens with one attached hydrogen (secondary N) is 1. The van der Waals surface area contributed by atoms with Gasteiger partial charge in [0.15, 0.2) is 0 Å². The third kappa shape index (κ3) is 2.11. The molecule has 1 heteroatoms. The van der Waals surface area contributed by atoms with Gasteiger partial charge in [-0.2, -0.15) is 0 Å². The maximum absolute atomic E-state index is 3.80. The molecule has 0 aromatic heterocycles.